The molecule has 210 valence electrons. The van der Waals surface area contributed by atoms with Crippen LogP contribution < -0.4 is 4.74 Å². The molecule has 2 aliphatic rings. The SMILES string of the molecule is COc1ccc(C(C)OC(C)=O)cc1C1=C(CN2C(=O)O[C@H](c3cc(C)cc(C(F)(F)F)c3)[C@@H]2C)CCCC1. The monoisotopic (exact) mass is 545 g/mol. The summed E-state index contributed by atoms with van der Waals surface area (Å²) in [4.78, 5) is 26.1. The average Bonchev–Trinajstić information content (AvgIpc) is 3.15. The van der Waals surface area contributed by atoms with Crippen molar-refractivity contribution < 1.29 is 37.0 Å². The smallest absolute Gasteiger partial charge is 0.416 e. The lowest BCUT2D eigenvalue weighted by atomic mass is 9.85. The number of allylic oxidation sites excluding steroid dienone is 1. The standard InChI is InChI=1S/C30H34F3NO5/c1-17-12-23(14-24(13-17)30(31,32)33)28-18(2)34(29(36)39-28)16-22-8-6-7-9-25(22)26-15-21(10-11-27(26)37-5)19(3)38-20(4)35/h10-15,18-19,28H,6-9,16H2,1-5H3/t18-,19?,28-/m0/s1. The molecule has 1 amide bonds. The molecule has 1 unspecified atom stereocenters. The van der Waals surface area contributed by atoms with Gasteiger partial charge in [-0.1, -0.05) is 17.7 Å². The van der Waals surface area contributed by atoms with Crippen LogP contribution in [0.25, 0.3) is 5.57 Å². The van der Waals surface area contributed by atoms with Crippen molar-refractivity contribution in [3.8, 4) is 5.75 Å². The number of cyclic esters (lactones) is 1. The van der Waals surface area contributed by atoms with Crippen molar-refractivity contribution >= 4 is 17.6 Å². The average molecular weight is 546 g/mol. The fourth-order valence-corrected chi connectivity index (χ4v) is 5.50. The number of rotatable bonds is 7. The Kier molecular flexibility index (Phi) is 8.28. The molecule has 0 aromatic heterocycles. The minimum atomic E-state index is -4.49. The van der Waals surface area contributed by atoms with E-state index < -0.39 is 36.1 Å². The van der Waals surface area contributed by atoms with E-state index >= 15 is 0 Å². The summed E-state index contributed by atoms with van der Waals surface area (Å²) < 4.78 is 57.0. The van der Waals surface area contributed by atoms with Crippen molar-refractivity contribution in [1.29, 1.82) is 0 Å². The molecule has 0 bridgehead atoms. The van der Waals surface area contributed by atoms with Gasteiger partial charge >= 0.3 is 18.2 Å². The molecule has 1 fully saturated rings. The number of halogens is 3. The Balaban J connectivity index is 1.66. The maximum Gasteiger partial charge on any atom is 0.416 e. The molecule has 1 heterocycles. The third-order valence-corrected chi connectivity index (χ3v) is 7.45. The summed E-state index contributed by atoms with van der Waals surface area (Å²) in [5, 5.41) is 0. The predicted molar refractivity (Wildman–Crippen MR) is 140 cm³/mol. The van der Waals surface area contributed by atoms with E-state index in [1.807, 2.05) is 18.2 Å². The van der Waals surface area contributed by atoms with Gasteiger partial charge in [0, 0.05) is 19.0 Å². The molecule has 0 spiro atoms. The Morgan fingerprint density at radius 2 is 1.87 bits per heavy atom. The van der Waals surface area contributed by atoms with Crippen LogP contribution in [0.5, 0.6) is 5.75 Å². The van der Waals surface area contributed by atoms with Crippen LogP contribution in [-0.4, -0.2) is 36.7 Å². The number of hydrogen-bond donors (Lipinski definition) is 0. The molecule has 4 rings (SSSR count). The van der Waals surface area contributed by atoms with Gasteiger partial charge in [0.2, 0.25) is 0 Å². The van der Waals surface area contributed by atoms with Gasteiger partial charge in [-0.05, 0) is 93.0 Å². The number of ether oxygens (including phenoxy) is 3. The lowest BCUT2D eigenvalue weighted by Gasteiger charge is -2.28. The number of carbonyl (C=O) groups is 2. The molecule has 39 heavy (non-hydrogen) atoms. The van der Waals surface area contributed by atoms with Crippen molar-refractivity contribution in [2.24, 2.45) is 0 Å². The summed E-state index contributed by atoms with van der Waals surface area (Å²) in [5.74, 6) is 0.307. The molecule has 0 saturated carbocycles. The van der Waals surface area contributed by atoms with E-state index in [1.54, 1.807) is 38.8 Å². The first kappa shape index (κ1) is 28.5. The molecule has 2 aromatic rings. The van der Waals surface area contributed by atoms with Crippen LogP contribution >= 0.6 is 0 Å². The molecular weight excluding hydrogens is 511 g/mol. The van der Waals surface area contributed by atoms with Gasteiger partial charge in [0.15, 0.2) is 0 Å². The van der Waals surface area contributed by atoms with Crippen molar-refractivity contribution in [3.05, 3.63) is 69.8 Å². The summed E-state index contributed by atoms with van der Waals surface area (Å²) in [6, 6.07) is 9.01. The molecule has 3 atom stereocenters. The number of benzene rings is 2. The van der Waals surface area contributed by atoms with Gasteiger partial charge in [0.05, 0.1) is 18.7 Å². The highest BCUT2D eigenvalue weighted by molar-refractivity contribution is 5.77. The van der Waals surface area contributed by atoms with E-state index in [-0.39, 0.29) is 5.97 Å². The number of nitrogens with zero attached hydrogens (tertiary/aromatic N) is 1. The van der Waals surface area contributed by atoms with Gasteiger partial charge in [-0.15, -0.1) is 0 Å². The number of aryl methyl sites for hydroxylation is 1. The number of methoxy groups -OCH3 is 1. The minimum Gasteiger partial charge on any atom is -0.496 e. The van der Waals surface area contributed by atoms with E-state index in [0.717, 1.165) is 60.1 Å². The second kappa shape index (κ2) is 11.3. The zero-order valence-electron chi connectivity index (χ0n) is 22.9. The van der Waals surface area contributed by atoms with E-state index in [4.69, 9.17) is 14.2 Å². The fourth-order valence-electron chi connectivity index (χ4n) is 5.50. The maximum absolute atomic E-state index is 13.4. The second-order valence-corrected chi connectivity index (χ2v) is 10.3. The van der Waals surface area contributed by atoms with Gasteiger partial charge in [-0.2, -0.15) is 13.2 Å². The topological polar surface area (TPSA) is 65.1 Å². The molecule has 6 nitrogen and oxygen atoms in total. The van der Waals surface area contributed by atoms with Gasteiger partial charge in [0.1, 0.15) is 18.0 Å². The second-order valence-electron chi connectivity index (χ2n) is 10.3. The van der Waals surface area contributed by atoms with Crippen LogP contribution in [0.1, 0.15) is 86.5 Å². The Morgan fingerprint density at radius 1 is 1.15 bits per heavy atom. The summed E-state index contributed by atoms with van der Waals surface area (Å²) in [6.07, 6.45) is -2.82. The third-order valence-electron chi connectivity index (χ3n) is 7.45. The highest BCUT2D eigenvalue weighted by Crippen LogP contribution is 2.41. The van der Waals surface area contributed by atoms with Crippen molar-refractivity contribution in [3.63, 3.8) is 0 Å². The van der Waals surface area contributed by atoms with Crippen molar-refractivity contribution in [2.45, 2.75) is 77.8 Å². The van der Waals surface area contributed by atoms with Crippen LogP contribution in [0, 0.1) is 6.92 Å². The van der Waals surface area contributed by atoms with Crippen LogP contribution in [0.2, 0.25) is 0 Å². The Morgan fingerprint density at radius 3 is 2.54 bits per heavy atom. The molecule has 0 radical (unpaired) electrons. The van der Waals surface area contributed by atoms with Crippen molar-refractivity contribution in [2.75, 3.05) is 13.7 Å². The van der Waals surface area contributed by atoms with Crippen LogP contribution in [-0.2, 0) is 20.4 Å². The zero-order chi connectivity index (χ0) is 28.5. The van der Waals surface area contributed by atoms with Gasteiger partial charge in [0.25, 0.3) is 0 Å². The predicted octanol–water partition coefficient (Wildman–Crippen LogP) is 7.56. The number of amides is 1. The van der Waals surface area contributed by atoms with Crippen LogP contribution in [0.3, 0.4) is 0 Å². The summed E-state index contributed by atoms with van der Waals surface area (Å²) in [5.41, 5.74) is 3.86. The highest BCUT2D eigenvalue weighted by atomic mass is 19.4. The Hall–Kier alpha value is -3.49. The lowest BCUT2D eigenvalue weighted by Crippen LogP contribution is -2.34. The maximum atomic E-state index is 13.4. The first-order chi connectivity index (χ1) is 18.4. The van der Waals surface area contributed by atoms with E-state index in [9.17, 15) is 22.8 Å². The summed E-state index contributed by atoms with van der Waals surface area (Å²) in [7, 11) is 1.60. The van der Waals surface area contributed by atoms with E-state index in [2.05, 4.69) is 0 Å². The fraction of sp³-hybridized carbons (Fsp3) is 0.467. The first-order valence-electron chi connectivity index (χ1n) is 13.1. The first-order valence-corrected chi connectivity index (χ1v) is 13.1. The zero-order valence-corrected chi connectivity index (χ0v) is 22.9. The molecule has 0 N–H and O–H groups in total. The van der Waals surface area contributed by atoms with Gasteiger partial charge in [-0.25, -0.2) is 4.79 Å². The van der Waals surface area contributed by atoms with Gasteiger partial charge in [-0.3, -0.25) is 9.69 Å². The van der Waals surface area contributed by atoms with E-state index in [0.29, 0.717) is 23.4 Å². The molecule has 1 aliphatic carbocycles. The number of carbonyl (C=O) groups excluding carboxylic acids is 2. The normalized spacial score (nSPS) is 20.6. The third kappa shape index (κ3) is 6.23. The van der Waals surface area contributed by atoms with Crippen LogP contribution in [0.15, 0.2) is 42.0 Å². The molecule has 9 heteroatoms. The summed E-state index contributed by atoms with van der Waals surface area (Å²) >= 11 is 0. The van der Waals surface area contributed by atoms with Gasteiger partial charge < -0.3 is 14.2 Å². The molecule has 1 saturated heterocycles. The molecular formula is C30H34F3NO5. The highest BCUT2D eigenvalue weighted by Gasteiger charge is 2.41. The molecule has 2 aromatic carbocycles. The van der Waals surface area contributed by atoms with E-state index in [1.165, 1.54) is 6.92 Å². The largest absolute Gasteiger partial charge is 0.496 e. The number of esters is 1. The minimum absolute atomic E-state index is 0.302. The van der Waals surface area contributed by atoms with Crippen molar-refractivity contribution in [1.82, 2.24) is 4.90 Å². The lowest BCUT2D eigenvalue weighted by molar-refractivity contribution is -0.145. The number of hydrogen-bond acceptors (Lipinski definition) is 5. The van der Waals surface area contributed by atoms with Crippen LogP contribution in [0.4, 0.5) is 18.0 Å². The molecule has 1 aliphatic heterocycles. The Labute approximate surface area is 226 Å². The number of alkyl halides is 3. The quantitative estimate of drug-likeness (QED) is 0.336. The Bertz CT molecular complexity index is 1290. The summed E-state index contributed by atoms with van der Waals surface area (Å²) in [6.45, 7) is 6.88.